The van der Waals surface area contributed by atoms with Crippen LogP contribution in [0.25, 0.3) is 0 Å². The Labute approximate surface area is 80.6 Å². The van der Waals surface area contributed by atoms with Gasteiger partial charge in [-0.05, 0) is 12.1 Å². The lowest BCUT2D eigenvalue weighted by atomic mass is 10.2. The van der Waals surface area contributed by atoms with Crippen LogP contribution < -0.4 is 5.32 Å². The van der Waals surface area contributed by atoms with E-state index >= 15 is 0 Å². The second-order valence-electron chi connectivity index (χ2n) is 2.88. The fourth-order valence-electron chi connectivity index (χ4n) is 0.917. The van der Waals surface area contributed by atoms with Crippen molar-refractivity contribution in [3.05, 3.63) is 24.0 Å². The molecular weight excluding hydrogens is 189 g/mol. The first-order valence-electron chi connectivity index (χ1n) is 4.15. The molecule has 0 amide bonds. The number of phenolic OH excluding ortho intramolecular Hbond substituents is 1. The first-order valence-corrected chi connectivity index (χ1v) is 4.15. The minimum absolute atomic E-state index is 0.126. The monoisotopic (exact) mass is 201 g/mol. The minimum atomic E-state index is -0.883. The van der Waals surface area contributed by atoms with E-state index in [1.807, 2.05) is 0 Å². The van der Waals surface area contributed by atoms with Gasteiger partial charge < -0.3 is 20.6 Å². The van der Waals surface area contributed by atoms with Crippen molar-refractivity contribution in [2.24, 2.45) is 0 Å². The Morgan fingerprint density at radius 2 is 2.14 bits per heavy atom. The summed E-state index contributed by atoms with van der Waals surface area (Å²) in [5.74, 6) is -1.15. The van der Waals surface area contributed by atoms with Crippen LogP contribution in [0, 0.1) is 5.82 Å². The molecule has 1 aromatic rings. The second-order valence-corrected chi connectivity index (χ2v) is 2.88. The maximum atomic E-state index is 12.8. The van der Waals surface area contributed by atoms with E-state index in [0.29, 0.717) is 5.69 Å². The van der Waals surface area contributed by atoms with Crippen LogP contribution in [0.5, 0.6) is 5.75 Å². The average Bonchev–Trinajstić information content (AvgIpc) is 2.19. The van der Waals surface area contributed by atoms with Crippen molar-refractivity contribution in [2.45, 2.75) is 6.10 Å². The zero-order valence-corrected chi connectivity index (χ0v) is 7.44. The Morgan fingerprint density at radius 1 is 1.43 bits per heavy atom. The van der Waals surface area contributed by atoms with E-state index in [9.17, 15) is 4.39 Å². The molecule has 14 heavy (non-hydrogen) atoms. The quantitative estimate of drug-likeness (QED) is 0.528. The van der Waals surface area contributed by atoms with Gasteiger partial charge in [-0.15, -0.1) is 0 Å². The number of anilines is 1. The number of aliphatic hydroxyl groups excluding tert-OH is 2. The third-order valence-electron chi connectivity index (χ3n) is 1.70. The number of rotatable bonds is 4. The molecule has 1 unspecified atom stereocenters. The van der Waals surface area contributed by atoms with Gasteiger partial charge in [-0.1, -0.05) is 0 Å². The third-order valence-corrected chi connectivity index (χ3v) is 1.70. The molecule has 78 valence electrons. The molecule has 4 nitrogen and oxygen atoms in total. The fraction of sp³-hybridized carbons (Fsp3) is 0.333. The van der Waals surface area contributed by atoms with Gasteiger partial charge in [-0.3, -0.25) is 0 Å². The van der Waals surface area contributed by atoms with Crippen LogP contribution in [0.3, 0.4) is 0 Å². The lowest BCUT2D eigenvalue weighted by molar-refractivity contribution is 0.105. The Kier molecular flexibility index (Phi) is 3.67. The number of aromatic hydroxyl groups is 1. The molecule has 0 aliphatic rings. The van der Waals surface area contributed by atoms with Gasteiger partial charge in [-0.25, -0.2) is 4.39 Å². The standard InChI is InChI=1S/C9H12FNO3/c10-8-3-6(1-2-9(8)14)11-4-7(13)5-12/h1-3,7,11-14H,4-5H2. The summed E-state index contributed by atoms with van der Waals surface area (Å²) in [5, 5.41) is 29.1. The highest BCUT2D eigenvalue weighted by molar-refractivity contribution is 5.46. The molecule has 0 spiro atoms. The van der Waals surface area contributed by atoms with E-state index in [1.54, 1.807) is 0 Å². The first-order chi connectivity index (χ1) is 6.63. The maximum Gasteiger partial charge on any atom is 0.166 e. The molecule has 0 aliphatic heterocycles. The summed E-state index contributed by atoms with van der Waals surface area (Å²) in [4.78, 5) is 0. The van der Waals surface area contributed by atoms with Gasteiger partial charge >= 0.3 is 0 Å². The van der Waals surface area contributed by atoms with Crippen molar-refractivity contribution in [2.75, 3.05) is 18.5 Å². The smallest absolute Gasteiger partial charge is 0.166 e. The molecule has 4 N–H and O–H groups in total. The highest BCUT2D eigenvalue weighted by Crippen LogP contribution is 2.19. The average molecular weight is 201 g/mol. The van der Waals surface area contributed by atoms with Gasteiger partial charge in [0, 0.05) is 18.3 Å². The van der Waals surface area contributed by atoms with Crippen molar-refractivity contribution in [3.8, 4) is 5.75 Å². The van der Waals surface area contributed by atoms with Crippen molar-refractivity contribution >= 4 is 5.69 Å². The molecule has 0 saturated heterocycles. The van der Waals surface area contributed by atoms with Crippen molar-refractivity contribution < 1.29 is 19.7 Å². The normalized spacial score (nSPS) is 12.5. The number of hydrogen-bond donors (Lipinski definition) is 4. The van der Waals surface area contributed by atoms with Crippen LogP contribution in [-0.4, -0.2) is 34.6 Å². The second kappa shape index (κ2) is 4.78. The number of hydrogen-bond acceptors (Lipinski definition) is 4. The number of aliphatic hydroxyl groups is 2. The largest absolute Gasteiger partial charge is 0.505 e. The van der Waals surface area contributed by atoms with E-state index in [4.69, 9.17) is 15.3 Å². The zero-order chi connectivity index (χ0) is 10.6. The Bertz CT molecular complexity index is 306. The van der Waals surface area contributed by atoms with E-state index in [0.717, 1.165) is 6.07 Å². The number of nitrogens with one attached hydrogen (secondary N) is 1. The predicted molar refractivity (Wildman–Crippen MR) is 49.6 cm³/mol. The van der Waals surface area contributed by atoms with Gasteiger partial charge in [0.1, 0.15) is 0 Å². The molecule has 1 atom stereocenters. The highest BCUT2D eigenvalue weighted by atomic mass is 19.1. The molecule has 0 aliphatic carbocycles. The SMILES string of the molecule is OCC(O)CNc1ccc(O)c(F)c1. The van der Waals surface area contributed by atoms with Crippen LogP contribution in [0.1, 0.15) is 0 Å². The van der Waals surface area contributed by atoms with Crippen LogP contribution in [0.4, 0.5) is 10.1 Å². The topological polar surface area (TPSA) is 72.7 Å². The molecule has 0 saturated carbocycles. The van der Waals surface area contributed by atoms with Crippen LogP contribution >= 0.6 is 0 Å². The summed E-state index contributed by atoms with van der Waals surface area (Å²) in [5.41, 5.74) is 0.438. The fourth-order valence-corrected chi connectivity index (χ4v) is 0.917. The van der Waals surface area contributed by atoms with Crippen molar-refractivity contribution in [1.82, 2.24) is 0 Å². The summed E-state index contributed by atoms with van der Waals surface area (Å²) in [6.07, 6.45) is -0.883. The summed E-state index contributed by atoms with van der Waals surface area (Å²) in [6.45, 7) is -0.228. The Balaban J connectivity index is 2.55. The lowest BCUT2D eigenvalue weighted by Gasteiger charge is -2.10. The van der Waals surface area contributed by atoms with Crippen molar-refractivity contribution in [3.63, 3.8) is 0 Å². The molecule has 0 heterocycles. The number of benzene rings is 1. The van der Waals surface area contributed by atoms with E-state index in [2.05, 4.69) is 5.32 Å². The van der Waals surface area contributed by atoms with Gasteiger partial charge in [-0.2, -0.15) is 0 Å². The Hall–Kier alpha value is -1.33. The van der Waals surface area contributed by atoms with Crippen molar-refractivity contribution in [1.29, 1.82) is 0 Å². The molecule has 0 radical (unpaired) electrons. The highest BCUT2D eigenvalue weighted by Gasteiger charge is 2.03. The van der Waals surface area contributed by atoms with Gasteiger partial charge in [0.25, 0.3) is 0 Å². The molecule has 0 fully saturated rings. The van der Waals surface area contributed by atoms with Gasteiger partial charge in [0.15, 0.2) is 11.6 Å². The predicted octanol–water partition coefficient (Wildman–Crippen LogP) is 0.296. The summed E-state index contributed by atoms with van der Waals surface area (Å²) >= 11 is 0. The summed E-state index contributed by atoms with van der Waals surface area (Å²) in [6, 6.07) is 3.80. The van der Waals surface area contributed by atoms with Gasteiger partial charge in [0.2, 0.25) is 0 Å². The minimum Gasteiger partial charge on any atom is -0.505 e. The number of phenols is 1. The molecular formula is C9H12FNO3. The summed E-state index contributed by atoms with van der Waals surface area (Å²) < 4.78 is 12.8. The molecule has 1 aromatic carbocycles. The zero-order valence-electron chi connectivity index (χ0n) is 7.44. The van der Waals surface area contributed by atoms with Gasteiger partial charge in [0.05, 0.1) is 12.7 Å². The molecule has 5 heteroatoms. The number of halogens is 1. The Morgan fingerprint density at radius 3 is 2.71 bits per heavy atom. The maximum absolute atomic E-state index is 12.8. The van der Waals surface area contributed by atoms with Crippen LogP contribution in [-0.2, 0) is 0 Å². The lowest BCUT2D eigenvalue weighted by Crippen LogP contribution is -2.22. The first kappa shape index (κ1) is 10.7. The van der Waals surface area contributed by atoms with Crippen LogP contribution in [0.2, 0.25) is 0 Å². The van der Waals surface area contributed by atoms with E-state index in [-0.39, 0.29) is 13.2 Å². The molecule has 0 aromatic heterocycles. The van der Waals surface area contributed by atoms with Crippen LogP contribution in [0.15, 0.2) is 18.2 Å². The van der Waals surface area contributed by atoms with E-state index in [1.165, 1.54) is 12.1 Å². The van der Waals surface area contributed by atoms with E-state index < -0.39 is 17.7 Å². The summed E-state index contributed by atoms with van der Waals surface area (Å²) in [7, 11) is 0. The molecule has 0 bridgehead atoms. The third kappa shape index (κ3) is 2.86. The molecule has 1 rings (SSSR count).